The van der Waals surface area contributed by atoms with Crippen LogP contribution >= 0.6 is 0 Å². The van der Waals surface area contributed by atoms with Gasteiger partial charge < -0.3 is 9.80 Å². The van der Waals surface area contributed by atoms with E-state index < -0.39 is 0 Å². The Hall–Kier alpha value is -7.30. The van der Waals surface area contributed by atoms with E-state index in [9.17, 15) is 9.59 Å². The van der Waals surface area contributed by atoms with Crippen LogP contribution in [0.5, 0.6) is 0 Å². The fraction of sp³-hybridized carbons (Fsp3) is 0.0385. The van der Waals surface area contributed by atoms with E-state index in [2.05, 4.69) is 58.3 Å². The van der Waals surface area contributed by atoms with E-state index in [0.29, 0.717) is 11.1 Å². The monoisotopic (exact) mass is 724 g/mol. The summed E-state index contributed by atoms with van der Waals surface area (Å²) in [4.78, 5) is 32.1. The van der Waals surface area contributed by atoms with Gasteiger partial charge in [-0.05, 0) is 119 Å². The second-order valence-electron chi connectivity index (χ2n) is 13.6. The summed E-state index contributed by atoms with van der Waals surface area (Å²) >= 11 is 0. The van der Waals surface area contributed by atoms with Crippen molar-refractivity contribution in [1.82, 2.24) is 0 Å². The van der Waals surface area contributed by atoms with Crippen LogP contribution < -0.4 is 9.80 Å². The Kier molecular flexibility index (Phi) is 10.7. The highest BCUT2D eigenvalue weighted by Gasteiger charge is 2.18. The fourth-order valence-electron chi connectivity index (χ4n) is 7.22. The Morgan fingerprint density at radius 2 is 0.536 bits per heavy atom. The van der Waals surface area contributed by atoms with E-state index in [0.717, 1.165) is 56.4 Å². The minimum Gasteiger partial charge on any atom is -0.311 e. The lowest BCUT2D eigenvalue weighted by Gasteiger charge is -2.25. The molecule has 0 aliphatic rings. The van der Waals surface area contributed by atoms with Crippen molar-refractivity contribution < 1.29 is 9.59 Å². The molecule has 8 aromatic rings. The molecule has 0 N–H and O–H groups in total. The highest BCUT2D eigenvalue weighted by atomic mass is 16.1. The highest BCUT2D eigenvalue weighted by Crippen LogP contribution is 2.36. The fourth-order valence-corrected chi connectivity index (χ4v) is 7.22. The lowest BCUT2D eigenvalue weighted by atomic mass is 9.89. The summed E-state index contributed by atoms with van der Waals surface area (Å²) in [5.74, 6) is 0.0623. The Labute approximate surface area is 328 Å². The van der Waals surface area contributed by atoms with Crippen LogP contribution in [0.1, 0.15) is 31.8 Å². The van der Waals surface area contributed by atoms with Crippen molar-refractivity contribution in [2.45, 2.75) is 12.8 Å². The first-order chi connectivity index (χ1) is 27.6. The maximum Gasteiger partial charge on any atom is 0.167 e. The summed E-state index contributed by atoms with van der Waals surface area (Å²) in [6.07, 6.45) is 0.472. The molecular formula is C52H40N2O2. The van der Waals surface area contributed by atoms with E-state index in [-0.39, 0.29) is 24.4 Å². The van der Waals surface area contributed by atoms with E-state index in [4.69, 9.17) is 0 Å². The molecule has 8 rings (SSSR count). The van der Waals surface area contributed by atoms with Crippen LogP contribution in [0.4, 0.5) is 34.1 Å². The van der Waals surface area contributed by atoms with E-state index >= 15 is 0 Å². The van der Waals surface area contributed by atoms with Gasteiger partial charge in [0.15, 0.2) is 11.6 Å². The number of hydrogen-bond acceptors (Lipinski definition) is 4. The van der Waals surface area contributed by atoms with Gasteiger partial charge in [-0.1, -0.05) is 121 Å². The first-order valence-corrected chi connectivity index (χ1v) is 18.9. The smallest absolute Gasteiger partial charge is 0.167 e. The average Bonchev–Trinajstić information content (AvgIpc) is 3.26. The molecule has 0 bridgehead atoms. The number of benzene rings is 8. The molecule has 0 heterocycles. The lowest BCUT2D eigenvalue weighted by Crippen LogP contribution is -2.11. The summed E-state index contributed by atoms with van der Waals surface area (Å²) in [7, 11) is 0. The molecule has 0 aliphatic carbocycles. The zero-order valence-corrected chi connectivity index (χ0v) is 30.9. The van der Waals surface area contributed by atoms with E-state index in [1.165, 1.54) is 0 Å². The number of carbonyl (C=O) groups is 2. The molecule has 0 atom stereocenters. The van der Waals surface area contributed by atoms with Gasteiger partial charge in [-0.2, -0.15) is 0 Å². The van der Waals surface area contributed by atoms with Gasteiger partial charge in [-0.3, -0.25) is 9.59 Å². The van der Waals surface area contributed by atoms with Gasteiger partial charge in [0.1, 0.15) is 0 Å². The topological polar surface area (TPSA) is 40.6 Å². The molecule has 0 unspecified atom stereocenters. The SMILES string of the molecule is O=C(Cc1ccccc1-c1ccccc1CC(=O)c1ccc(N(c2ccccc2)c2ccccc2)cc1)c1ccc(N(c2ccccc2)c2ccccc2)cc1. The Morgan fingerprint density at radius 1 is 0.286 bits per heavy atom. The zero-order chi connectivity index (χ0) is 38.1. The number of nitrogens with zero attached hydrogens (tertiary/aromatic N) is 2. The molecule has 4 nitrogen and oxygen atoms in total. The van der Waals surface area contributed by atoms with Crippen LogP contribution in [-0.2, 0) is 12.8 Å². The molecule has 270 valence electrons. The molecule has 0 aromatic heterocycles. The van der Waals surface area contributed by atoms with Gasteiger partial charge in [-0.15, -0.1) is 0 Å². The summed E-state index contributed by atoms with van der Waals surface area (Å²) in [5.41, 5.74) is 11.1. The number of ketones is 2. The van der Waals surface area contributed by atoms with Crippen molar-refractivity contribution in [3.05, 3.63) is 241 Å². The molecule has 0 spiro atoms. The molecule has 0 amide bonds. The molecule has 56 heavy (non-hydrogen) atoms. The number of Topliss-reactive ketones (excluding diaryl/α,β-unsaturated/α-hetero) is 2. The molecular weight excluding hydrogens is 685 g/mol. The minimum atomic E-state index is 0.0312. The minimum absolute atomic E-state index is 0.0312. The number of para-hydroxylation sites is 4. The molecule has 0 fully saturated rings. The van der Waals surface area contributed by atoms with E-state index in [1.807, 2.05) is 170 Å². The van der Waals surface area contributed by atoms with Crippen LogP contribution in [0.25, 0.3) is 11.1 Å². The van der Waals surface area contributed by atoms with Gasteiger partial charge in [0, 0.05) is 58.1 Å². The summed E-state index contributed by atoms with van der Waals surface area (Å²) in [6.45, 7) is 0. The molecule has 0 radical (unpaired) electrons. The van der Waals surface area contributed by atoms with Crippen LogP contribution in [0.15, 0.2) is 218 Å². The first kappa shape index (κ1) is 35.7. The molecule has 8 aromatic carbocycles. The second-order valence-corrected chi connectivity index (χ2v) is 13.6. The number of hydrogen-bond donors (Lipinski definition) is 0. The normalized spacial score (nSPS) is 10.8. The van der Waals surface area contributed by atoms with Crippen molar-refractivity contribution in [2.75, 3.05) is 9.80 Å². The molecule has 0 saturated heterocycles. The van der Waals surface area contributed by atoms with Crippen LogP contribution in [-0.4, -0.2) is 11.6 Å². The maximum absolute atomic E-state index is 13.9. The third-order valence-electron chi connectivity index (χ3n) is 9.98. The van der Waals surface area contributed by atoms with Crippen molar-refractivity contribution in [3.63, 3.8) is 0 Å². The second kappa shape index (κ2) is 16.8. The van der Waals surface area contributed by atoms with Crippen molar-refractivity contribution in [2.24, 2.45) is 0 Å². The van der Waals surface area contributed by atoms with Gasteiger partial charge in [0.05, 0.1) is 0 Å². The van der Waals surface area contributed by atoms with Crippen molar-refractivity contribution >= 4 is 45.7 Å². The summed E-state index contributed by atoms with van der Waals surface area (Å²) < 4.78 is 0. The third-order valence-corrected chi connectivity index (χ3v) is 9.98. The molecule has 4 heteroatoms. The largest absolute Gasteiger partial charge is 0.311 e. The van der Waals surface area contributed by atoms with Crippen LogP contribution in [0.3, 0.4) is 0 Å². The quantitative estimate of drug-likeness (QED) is 0.111. The van der Waals surface area contributed by atoms with Crippen LogP contribution in [0.2, 0.25) is 0 Å². The van der Waals surface area contributed by atoms with E-state index in [1.54, 1.807) is 0 Å². The number of anilines is 6. The number of rotatable bonds is 13. The average molecular weight is 725 g/mol. The third kappa shape index (κ3) is 7.96. The standard InChI is InChI=1S/C52H40N2O2/c55-51(39-29-33-47(34-30-39)53(43-19-5-1-6-20-43)44-21-7-2-8-22-44)37-41-17-13-15-27-49(41)50-28-16-14-18-42(50)38-52(56)40-31-35-48(36-32-40)54(45-23-9-3-10-24-45)46-25-11-4-12-26-46/h1-36H,37-38H2. The predicted molar refractivity (Wildman–Crippen MR) is 230 cm³/mol. The Morgan fingerprint density at radius 3 is 0.839 bits per heavy atom. The number of carbonyl (C=O) groups excluding carboxylic acids is 2. The molecule has 0 aliphatic heterocycles. The van der Waals surface area contributed by atoms with Crippen LogP contribution in [0, 0.1) is 0 Å². The Bertz CT molecular complexity index is 2280. The van der Waals surface area contributed by atoms with Gasteiger partial charge >= 0.3 is 0 Å². The van der Waals surface area contributed by atoms with Crippen molar-refractivity contribution in [1.29, 1.82) is 0 Å². The zero-order valence-electron chi connectivity index (χ0n) is 30.9. The highest BCUT2D eigenvalue weighted by molar-refractivity contribution is 6.00. The molecule has 0 saturated carbocycles. The first-order valence-electron chi connectivity index (χ1n) is 18.9. The Balaban J connectivity index is 1.01. The van der Waals surface area contributed by atoms with Crippen molar-refractivity contribution in [3.8, 4) is 11.1 Å². The maximum atomic E-state index is 13.9. The summed E-state index contributed by atoms with van der Waals surface area (Å²) in [6, 6.07) is 72.6. The van der Waals surface area contributed by atoms with Gasteiger partial charge in [-0.25, -0.2) is 0 Å². The summed E-state index contributed by atoms with van der Waals surface area (Å²) in [5, 5.41) is 0. The predicted octanol–water partition coefficient (Wildman–Crippen LogP) is 13.1. The lowest BCUT2D eigenvalue weighted by molar-refractivity contribution is 0.0984. The van der Waals surface area contributed by atoms with Gasteiger partial charge in [0.25, 0.3) is 0 Å². The van der Waals surface area contributed by atoms with Gasteiger partial charge in [0.2, 0.25) is 0 Å².